The minimum absolute atomic E-state index is 0.424. The maximum absolute atomic E-state index is 13.4. The van der Waals surface area contributed by atoms with Crippen molar-refractivity contribution < 1.29 is 23.5 Å². The maximum atomic E-state index is 13.4. The molecule has 4 amide bonds. The topological polar surface area (TPSA) is 104 Å². The summed E-state index contributed by atoms with van der Waals surface area (Å²) in [6, 6.07) is 18.7. The highest BCUT2D eigenvalue weighted by Crippen LogP contribution is 2.34. The summed E-state index contributed by atoms with van der Waals surface area (Å²) in [6.07, 6.45) is 1.96. The van der Waals surface area contributed by atoms with Crippen LogP contribution in [-0.2, 0) is 15.1 Å². The van der Waals surface area contributed by atoms with Gasteiger partial charge in [-0.25, -0.2) is 9.80 Å². The van der Waals surface area contributed by atoms with E-state index in [0.29, 0.717) is 29.2 Å². The summed E-state index contributed by atoms with van der Waals surface area (Å²) in [5.74, 6) is 0.297. The van der Waals surface area contributed by atoms with E-state index >= 15 is 0 Å². The average Bonchev–Trinajstić information content (AvgIpc) is 3.61. The summed E-state index contributed by atoms with van der Waals surface area (Å²) in [6.45, 7) is 1.19. The van der Waals surface area contributed by atoms with Crippen LogP contribution in [-0.4, -0.2) is 47.1 Å². The fourth-order valence-electron chi connectivity index (χ4n) is 4.42. The molecular formula is C26H24N4O5. The Labute approximate surface area is 202 Å². The molecule has 1 aromatic heterocycles. The van der Waals surface area contributed by atoms with Crippen molar-refractivity contribution >= 4 is 23.6 Å². The highest BCUT2D eigenvalue weighted by molar-refractivity contribution is 6.09. The first-order valence-corrected chi connectivity index (χ1v) is 11.2. The van der Waals surface area contributed by atoms with Crippen LogP contribution in [0.25, 0.3) is 0 Å². The van der Waals surface area contributed by atoms with E-state index in [1.165, 1.54) is 11.3 Å². The zero-order valence-electron chi connectivity index (χ0n) is 19.3. The van der Waals surface area contributed by atoms with E-state index < -0.39 is 36.0 Å². The Kier molecular flexibility index (Phi) is 5.60. The average molecular weight is 473 g/mol. The number of carbonyl (C=O) groups is 3. The van der Waals surface area contributed by atoms with E-state index in [4.69, 9.17) is 9.15 Å². The molecule has 2 aliphatic heterocycles. The molecule has 9 nitrogen and oxygen atoms in total. The second-order valence-electron chi connectivity index (χ2n) is 8.56. The normalized spacial score (nSPS) is 21.8. The van der Waals surface area contributed by atoms with Gasteiger partial charge in [-0.3, -0.25) is 14.5 Å². The van der Waals surface area contributed by atoms with E-state index in [9.17, 15) is 14.4 Å². The van der Waals surface area contributed by atoms with Crippen molar-refractivity contribution in [1.82, 2.24) is 15.2 Å². The van der Waals surface area contributed by atoms with Gasteiger partial charge < -0.3 is 14.5 Å². The molecule has 178 valence electrons. The number of rotatable bonds is 6. The number of hydrogen-bond acceptors (Lipinski definition) is 6. The smallest absolute Gasteiger partial charge is 0.325 e. The van der Waals surface area contributed by atoms with Gasteiger partial charge in [0.05, 0.1) is 19.1 Å². The van der Waals surface area contributed by atoms with Crippen LogP contribution in [0.5, 0.6) is 5.75 Å². The van der Waals surface area contributed by atoms with Gasteiger partial charge in [-0.2, -0.15) is 5.10 Å². The third-order valence-electron chi connectivity index (χ3n) is 6.38. The number of urea groups is 1. The van der Waals surface area contributed by atoms with Gasteiger partial charge in [0.25, 0.3) is 11.8 Å². The zero-order valence-corrected chi connectivity index (χ0v) is 19.3. The van der Waals surface area contributed by atoms with Crippen LogP contribution in [0.15, 0.2) is 82.5 Å². The number of hydrogen-bond donors (Lipinski definition) is 1. The quantitative estimate of drug-likeness (QED) is 0.554. The van der Waals surface area contributed by atoms with Crippen LogP contribution in [0.1, 0.15) is 36.3 Å². The Morgan fingerprint density at radius 1 is 1.11 bits per heavy atom. The third-order valence-corrected chi connectivity index (χ3v) is 6.38. The number of methoxy groups -OCH3 is 1. The number of amides is 4. The van der Waals surface area contributed by atoms with Gasteiger partial charge in [0.15, 0.2) is 0 Å². The predicted octanol–water partition coefficient (Wildman–Crippen LogP) is 3.43. The fraction of sp³-hybridized carbons (Fsp3) is 0.231. The van der Waals surface area contributed by atoms with Crippen LogP contribution >= 0.6 is 0 Å². The van der Waals surface area contributed by atoms with E-state index in [2.05, 4.69) is 10.4 Å². The summed E-state index contributed by atoms with van der Waals surface area (Å²) in [5, 5.41) is 8.60. The van der Waals surface area contributed by atoms with Crippen LogP contribution in [0.3, 0.4) is 0 Å². The minimum atomic E-state index is -1.25. The van der Waals surface area contributed by atoms with Crippen molar-refractivity contribution in [3.05, 3.63) is 89.9 Å². The van der Waals surface area contributed by atoms with Crippen LogP contribution in [0.2, 0.25) is 0 Å². The highest BCUT2D eigenvalue weighted by atomic mass is 16.5. The molecule has 0 unspecified atom stereocenters. The predicted molar refractivity (Wildman–Crippen MR) is 126 cm³/mol. The fourth-order valence-corrected chi connectivity index (χ4v) is 4.42. The van der Waals surface area contributed by atoms with Crippen LogP contribution in [0.4, 0.5) is 4.79 Å². The summed E-state index contributed by atoms with van der Waals surface area (Å²) >= 11 is 0. The molecule has 0 spiro atoms. The molecule has 1 N–H and O–H groups in total. The van der Waals surface area contributed by atoms with Crippen molar-refractivity contribution in [3.8, 4) is 5.75 Å². The number of hydrazone groups is 1. The molecule has 3 heterocycles. The molecule has 9 heteroatoms. The Hall–Kier alpha value is -4.40. The monoisotopic (exact) mass is 472 g/mol. The van der Waals surface area contributed by atoms with E-state index in [-0.39, 0.29) is 0 Å². The molecule has 2 aliphatic rings. The van der Waals surface area contributed by atoms with Crippen molar-refractivity contribution in [3.63, 3.8) is 0 Å². The second kappa shape index (κ2) is 8.75. The molecule has 2 atom stereocenters. The van der Waals surface area contributed by atoms with Crippen LogP contribution in [0, 0.1) is 0 Å². The first-order valence-electron chi connectivity index (χ1n) is 11.2. The lowest BCUT2D eigenvalue weighted by Gasteiger charge is -2.24. The first-order chi connectivity index (χ1) is 16.9. The molecule has 5 rings (SSSR count). The largest absolute Gasteiger partial charge is 0.497 e. The number of ether oxygens (including phenoxy) is 1. The summed E-state index contributed by atoms with van der Waals surface area (Å²) in [5.41, 5.74) is 0.919. The van der Waals surface area contributed by atoms with Crippen LogP contribution < -0.4 is 10.1 Å². The van der Waals surface area contributed by atoms with Crippen molar-refractivity contribution in [2.75, 3.05) is 13.7 Å². The standard InChI is InChI=1S/C26H24N4O5/c1-26(18-7-4-3-5-8-18)24(32)29(25(33)27-26)16-23(31)30-21(22-9-6-14-35-22)15-20(28-30)17-10-12-19(34-2)13-11-17/h3-14,21H,15-16H2,1-2H3,(H,27,33)/t21-,26+/m1/s1. The Morgan fingerprint density at radius 2 is 1.86 bits per heavy atom. The van der Waals surface area contributed by atoms with E-state index in [0.717, 1.165) is 10.5 Å². The van der Waals surface area contributed by atoms with Crippen molar-refractivity contribution in [2.45, 2.75) is 24.9 Å². The Balaban J connectivity index is 1.40. The lowest BCUT2D eigenvalue weighted by Crippen LogP contribution is -2.43. The summed E-state index contributed by atoms with van der Waals surface area (Å²) in [4.78, 5) is 40.3. The number of nitrogens with one attached hydrogen (secondary N) is 1. The molecule has 2 aromatic carbocycles. The second-order valence-corrected chi connectivity index (χ2v) is 8.56. The number of carbonyl (C=O) groups excluding carboxylic acids is 3. The SMILES string of the molecule is COc1ccc(C2=NN(C(=O)CN3C(=O)N[C@@](C)(c4ccccc4)C3=O)[C@@H](c3ccco3)C2)cc1. The van der Waals surface area contributed by atoms with Crippen molar-refractivity contribution in [1.29, 1.82) is 0 Å². The van der Waals surface area contributed by atoms with Gasteiger partial charge in [-0.05, 0) is 54.4 Å². The minimum Gasteiger partial charge on any atom is -0.497 e. The first kappa shape index (κ1) is 22.4. The number of furan rings is 1. The number of nitrogens with zero attached hydrogens (tertiary/aromatic N) is 3. The molecule has 1 fully saturated rings. The Morgan fingerprint density at radius 3 is 2.51 bits per heavy atom. The van der Waals surface area contributed by atoms with Crippen molar-refractivity contribution in [2.24, 2.45) is 5.10 Å². The van der Waals surface area contributed by atoms with Gasteiger partial charge in [-0.1, -0.05) is 30.3 Å². The van der Waals surface area contributed by atoms with Gasteiger partial charge in [0.1, 0.15) is 29.6 Å². The molecule has 0 saturated carbocycles. The highest BCUT2D eigenvalue weighted by Gasteiger charge is 2.50. The molecule has 35 heavy (non-hydrogen) atoms. The van der Waals surface area contributed by atoms with E-state index in [1.807, 2.05) is 30.3 Å². The molecule has 0 aliphatic carbocycles. The zero-order chi connectivity index (χ0) is 24.6. The molecule has 3 aromatic rings. The Bertz CT molecular complexity index is 1290. The lowest BCUT2D eigenvalue weighted by atomic mass is 9.92. The summed E-state index contributed by atoms with van der Waals surface area (Å²) in [7, 11) is 1.59. The van der Waals surface area contributed by atoms with Gasteiger partial charge in [0.2, 0.25) is 0 Å². The molecular weight excluding hydrogens is 448 g/mol. The molecule has 1 saturated heterocycles. The molecule has 0 radical (unpaired) electrons. The maximum Gasteiger partial charge on any atom is 0.325 e. The lowest BCUT2D eigenvalue weighted by molar-refractivity contribution is -0.140. The summed E-state index contributed by atoms with van der Waals surface area (Å²) < 4.78 is 10.8. The van der Waals surface area contributed by atoms with Gasteiger partial charge >= 0.3 is 6.03 Å². The number of imide groups is 1. The third kappa shape index (κ3) is 3.95. The molecule has 0 bridgehead atoms. The van der Waals surface area contributed by atoms with Gasteiger partial charge in [-0.15, -0.1) is 0 Å². The van der Waals surface area contributed by atoms with E-state index in [1.54, 1.807) is 50.4 Å². The number of benzene rings is 2. The van der Waals surface area contributed by atoms with Gasteiger partial charge in [0, 0.05) is 6.42 Å².